The van der Waals surface area contributed by atoms with E-state index in [0.29, 0.717) is 5.92 Å². The zero-order chi connectivity index (χ0) is 18.1. The van der Waals surface area contributed by atoms with Crippen molar-refractivity contribution in [2.24, 2.45) is 5.92 Å². The van der Waals surface area contributed by atoms with E-state index in [1.54, 1.807) is 0 Å². The first-order chi connectivity index (χ1) is 12.1. The van der Waals surface area contributed by atoms with Gasteiger partial charge in [0.25, 0.3) is 0 Å². The number of piperazine rings is 1. The summed E-state index contributed by atoms with van der Waals surface area (Å²) in [5.41, 5.74) is 1.20. The SMILES string of the molecule is CC(C)CCCOCCCN1CCN(c2ncc(C(C)C)cn2)CC1. The lowest BCUT2D eigenvalue weighted by atomic mass is 10.1. The number of aromatic nitrogens is 2. The Morgan fingerprint density at radius 2 is 1.60 bits per heavy atom. The van der Waals surface area contributed by atoms with Gasteiger partial charge in [0.15, 0.2) is 0 Å². The van der Waals surface area contributed by atoms with Crippen LogP contribution in [-0.4, -0.2) is 60.8 Å². The highest BCUT2D eigenvalue weighted by atomic mass is 16.5. The number of rotatable bonds is 10. The largest absolute Gasteiger partial charge is 0.381 e. The fourth-order valence-electron chi connectivity index (χ4n) is 3.05. The molecule has 0 aromatic carbocycles. The van der Waals surface area contributed by atoms with E-state index >= 15 is 0 Å². The molecule has 1 aromatic heterocycles. The summed E-state index contributed by atoms with van der Waals surface area (Å²) in [7, 11) is 0. The molecule has 0 aliphatic carbocycles. The molecule has 0 amide bonds. The molecule has 0 unspecified atom stereocenters. The van der Waals surface area contributed by atoms with E-state index < -0.39 is 0 Å². The van der Waals surface area contributed by atoms with Gasteiger partial charge in [-0.05, 0) is 36.7 Å². The molecule has 1 saturated heterocycles. The minimum atomic E-state index is 0.485. The first-order valence-corrected chi connectivity index (χ1v) is 9.93. The molecular weight excluding hydrogens is 312 g/mol. The minimum absolute atomic E-state index is 0.485. The summed E-state index contributed by atoms with van der Waals surface area (Å²) in [6.45, 7) is 16.0. The van der Waals surface area contributed by atoms with Crippen molar-refractivity contribution in [3.05, 3.63) is 18.0 Å². The highest BCUT2D eigenvalue weighted by Gasteiger charge is 2.18. The molecule has 25 heavy (non-hydrogen) atoms. The molecule has 0 saturated carbocycles. The predicted molar refractivity (Wildman–Crippen MR) is 104 cm³/mol. The fourth-order valence-corrected chi connectivity index (χ4v) is 3.05. The van der Waals surface area contributed by atoms with Crippen molar-refractivity contribution < 1.29 is 4.74 Å². The third-order valence-corrected chi connectivity index (χ3v) is 4.81. The van der Waals surface area contributed by atoms with E-state index in [1.807, 2.05) is 12.4 Å². The van der Waals surface area contributed by atoms with Gasteiger partial charge in [0, 0.05) is 58.3 Å². The highest BCUT2D eigenvalue weighted by Crippen LogP contribution is 2.15. The van der Waals surface area contributed by atoms with E-state index in [1.165, 1.54) is 18.4 Å². The molecular formula is C20H36N4O. The van der Waals surface area contributed by atoms with Gasteiger partial charge in [-0.15, -0.1) is 0 Å². The van der Waals surface area contributed by atoms with Crippen LogP contribution in [0.2, 0.25) is 0 Å². The van der Waals surface area contributed by atoms with Gasteiger partial charge in [-0.1, -0.05) is 27.7 Å². The molecule has 0 bridgehead atoms. The summed E-state index contributed by atoms with van der Waals surface area (Å²) in [4.78, 5) is 13.9. The summed E-state index contributed by atoms with van der Waals surface area (Å²) in [5, 5.41) is 0. The van der Waals surface area contributed by atoms with Crippen molar-refractivity contribution in [1.29, 1.82) is 0 Å². The van der Waals surface area contributed by atoms with E-state index in [9.17, 15) is 0 Å². The molecule has 1 aliphatic rings. The number of ether oxygens (including phenoxy) is 1. The van der Waals surface area contributed by atoms with Crippen LogP contribution in [0.4, 0.5) is 5.95 Å². The first kappa shape index (κ1) is 20.1. The number of anilines is 1. The Hall–Kier alpha value is -1.20. The van der Waals surface area contributed by atoms with Crippen LogP contribution in [-0.2, 0) is 4.74 Å². The van der Waals surface area contributed by atoms with E-state index in [-0.39, 0.29) is 0 Å². The molecule has 0 atom stereocenters. The topological polar surface area (TPSA) is 41.5 Å². The van der Waals surface area contributed by atoms with E-state index in [4.69, 9.17) is 4.74 Å². The summed E-state index contributed by atoms with van der Waals surface area (Å²) in [6.07, 6.45) is 7.52. The molecule has 0 spiro atoms. The fraction of sp³-hybridized carbons (Fsp3) is 0.800. The van der Waals surface area contributed by atoms with Crippen LogP contribution in [0.15, 0.2) is 12.4 Å². The van der Waals surface area contributed by atoms with Crippen molar-refractivity contribution in [2.75, 3.05) is 50.8 Å². The first-order valence-electron chi connectivity index (χ1n) is 9.93. The van der Waals surface area contributed by atoms with Crippen molar-refractivity contribution in [3.8, 4) is 0 Å². The Balaban J connectivity index is 1.58. The van der Waals surface area contributed by atoms with Crippen LogP contribution in [0.25, 0.3) is 0 Å². The molecule has 0 radical (unpaired) electrons. The zero-order valence-electron chi connectivity index (χ0n) is 16.6. The van der Waals surface area contributed by atoms with Gasteiger partial charge in [-0.2, -0.15) is 0 Å². The van der Waals surface area contributed by atoms with E-state index in [0.717, 1.165) is 64.2 Å². The smallest absolute Gasteiger partial charge is 0.225 e. The number of hydrogen-bond donors (Lipinski definition) is 0. The monoisotopic (exact) mass is 348 g/mol. The van der Waals surface area contributed by atoms with Crippen LogP contribution < -0.4 is 4.90 Å². The standard InChI is InChI=1S/C20H36N4O/c1-17(2)7-5-13-25-14-6-8-23-9-11-24(12-10-23)20-21-15-19(16-22-20)18(3)4/h15-18H,5-14H2,1-4H3. The van der Waals surface area contributed by atoms with Crippen LogP contribution in [0.3, 0.4) is 0 Å². The second-order valence-corrected chi connectivity index (χ2v) is 7.80. The van der Waals surface area contributed by atoms with Crippen LogP contribution >= 0.6 is 0 Å². The van der Waals surface area contributed by atoms with Crippen molar-refractivity contribution in [1.82, 2.24) is 14.9 Å². The molecule has 2 rings (SSSR count). The maximum Gasteiger partial charge on any atom is 0.225 e. The molecule has 2 heterocycles. The average molecular weight is 349 g/mol. The summed E-state index contributed by atoms with van der Waals surface area (Å²) in [5.74, 6) is 2.14. The second-order valence-electron chi connectivity index (χ2n) is 7.80. The van der Waals surface area contributed by atoms with Crippen LogP contribution in [0.5, 0.6) is 0 Å². The minimum Gasteiger partial charge on any atom is -0.381 e. The molecule has 142 valence electrons. The molecule has 1 aliphatic heterocycles. The third-order valence-electron chi connectivity index (χ3n) is 4.81. The van der Waals surface area contributed by atoms with Crippen molar-refractivity contribution in [3.63, 3.8) is 0 Å². The predicted octanol–water partition coefficient (Wildman–Crippen LogP) is 3.56. The third kappa shape index (κ3) is 7.28. The summed E-state index contributed by atoms with van der Waals surface area (Å²) < 4.78 is 5.74. The number of nitrogens with zero attached hydrogens (tertiary/aromatic N) is 4. The zero-order valence-corrected chi connectivity index (χ0v) is 16.6. The quantitative estimate of drug-likeness (QED) is 0.605. The van der Waals surface area contributed by atoms with Gasteiger partial charge in [0.2, 0.25) is 5.95 Å². The maximum atomic E-state index is 5.74. The second kappa shape index (κ2) is 10.7. The Kier molecular flexibility index (Phi) is 8.62. The summed E-state index contributed by atoms with van der Waals surface area (Å²) in [6, 6.07) is 0. The lowest BCUT2D eigenvalue weighted by Gasteiger charge is -2.34. The molecule has 5 nitrogen and oxygen atoms in total. The normalized spacial score (nSPS) is 16.2. The molecule has 5 heteroatoms. The molecule has 0 N–H and O–H groups in total. The Morgan fingerprint density at radius 3 is 2.20 bits per heavy atom. The number of hydrogen-bond acceptors (Lipinski definition) is 5. The van der Waals surface area contributed by atoms with Crippen molar-refractivity contribution >= 4 is 5.95 Å². The van der Waals surface area contributed by atoms with E-state index in [2.05, 4.69) is 47.5 Å². The lowest BCUT2D eigenvalue weighted by molar-refractivity contribution is 0.114. The van der Waals surface area contributed by atoms with Gasteiger partial charge in [-0.3, -0.25) is 4.90 Å². The summed E-state index contributed by atoms with van der Waals surface area (Å²) >= 11 is 0. The van der Waals surface area contributed by atoms with Crippen LogP contribution in [0, 0.1) is 5.92 Å². The highest BCUT2D eigenvalue weighted by molar-refractivity contribution is 5.31. The van der Waals surface area contributed by atoms with Crippen LogP contribution in [0.1, 0.15) is 58.4 Å². The molecule has 1 fully saturated rings. The lowest BCUT2D eigenvalue weighted by Crippen LogP contribution is -2.47. The van der Waals surface area contributed by atoms with Gasteiger partial charge < -0.3 is 9.64 Å². The van der Waals surface area contributed by atoms with Gasteiger partial charge in [0.1, 0.15) is 0 Å². The Labute approximate surface area is 153 Å². The average Bonchev–Trinajstić information content (AvgIpc) is 2.61. The Bertz CT molecular complexity index is 467. The van der Waals surface area contributed by atoms with Gasteiger partial charge in [0.05, 0.1) is 0 Å². The Morgan fingerprint density at radius 1 is 0.960 bits per heavy atom. The molecule has 1 aromatic rings. The van der Waals surface area contributed by atoms with Gasteiger partial charge >= 0.3 is 0 Å². The maximum absolute atomic E-state index is 5.74. The van der Waals surface area contributed by atoms with Gasteiger partial charge in [-0.25, -0.2) is 9.97 Å². The van der Waals surface area contributed by atoms with Crippen molar-refractivity contribution in [2.45, 2.75) is 52.9 Å².